The van der Waals surface area contributed by atoms with Crippen molar-refractivity contribution in [3.05, 3.63) is 0 Å². The van der Waals surface area contributed by atoms with Crippen molar-refractivity contribution in [3.8, 4) is 0 Å². The van der Waals surface area contributed by atoms with E-state index in [1.807, 2.05) is 0 Å². The fourth-order valence-corrected chi connectivity index (χ4v) is 2.40. The molecule has 0 saturated heterocycles. The second-order valence-electron chi connectivity index (χ2n) is 7.65. The minimum absolute atomic E-state index is 0.172. The third-order valence-electron chi connectivity index (χ3n) is 4.20. The van der Waals surface area contributed by atoms with Crippen LogP contribution in [0.1, 0.15) is 47.5 Å². The smallest absolute Gasteiger partial charge is 0.326 e. The van der Waals surface area contributed by atoms with Crippen LogP contribution in [0.5, 0.6) is 0 Å². The number of primary amides is 1. The molecule has 0 aliphatic rings. The fourth-order valence-electron chi connectivity index (χ4n) is 2.40. The monoisotopic (exact) mass is 415 g/mol. The van der Waals surface area contributed by atoms with E-state index in [2.05, 4.69) is 16.0 Å². The molecule has 4 atom stereocenters. The molecule has 29 heavy (non-hydrogen) atoms. The highest BCUT2D eigenvalue weighted by Gasteiger charge is 2.32. The summed E-state index contributed by atoms with van der Waals surface area (Å²) >= 11 is 0. The Morgan fingerprint density at radius 1 is 0.793 bits per heavy atom. The van der Waals surface area contributed by atoms with Crippen molar-refractivity contribution in [1.82, 2.24) is 16.0 Å². The Kier molecular flexibility index (Phi) is 10.9. The van der Waals surface area contributed by atoms with E-state index in [0.29, 0.717) is 0 Å². The number of hydrogen-bond donors (Lipinski definition) is 6. The van der Waals surface area contributed by atoms with E-state index in [9.17, 15) is 29.1 Å². The third-order valence-corrected chi connectivity index (χ3v) is 4.20. The molecule has 11 heteroatoms. The summed E-state index contributed by atoms with van der Waals surface area (Å²) < 4.78 is 0. The summed E-state index contributed by atoms with van der Waals surface area (Å²) in [7, 11) is 0. The molecule has 0 aromatic rings. The van der Waals surface area contributed by atoms with Gasteiger partial charge in [0.05, 0.1) is 6.04 Å². The Balaban J connectivity index is 5.29. The third kappa shape index (κ3) is 9.37. The quantitative estimate of drug-likeness (QED) is 0.222. The highest BCUT2D eigenvalue weighted by molar-refractivity contribution is 5.94. The van der Waals surface area contributed by atoms with Crippen LogP contribution in [0, 0.1) is 11.8 Å². The van der Waals surface area contributed by atoms with Gasteiger partial charge in [-0.1, -0.05) is 27.7 Å². The Morgan fingerprint density at radius 2 is 1.21 bits per heavy atom. The second kappa shape index (κ2) is 12.0. The van der Waals surface area contributed by atoms with Crippen molar-refractivity contribution in [2.45, 2.75) is 71.6 Å². The van der Waals surface area contributed by atoms with Gasteiger partial charge in [0.15, 0.2) is 0 Å². The molecule has 0 radical (unpaired) electrons. The molecular formula is C18H33N5O6. The van der Waals surface area contributed by atoms with E-state index in [1.54, 1.807) is 27.7 Å². The summed E-state index contributed by atoms with van der Waals surface area (Å²) in [6.45, 7) is 8.28. The highest BCUT2D eigenvalue weighted by Crippen LogP contribution is 2.08. The minimum Gasteiger partial charge on any atom is -0.480 e. The predicted octanol–water partition coefficient (Wildman–Crippen LogP) is -1.55. The zero-order chi connectivity index (χ0) is 22.9. The first-order valence-corrected chi connectivity index (χ1v) is 9.45. The van der Waals surface area contributed by atoms with Gasteiger partial charge in [-0.3, -0.25) is 19.2 Å². The van der Waals surface area contributed by atoms with Crippen LogP contribution < -0.4 is 27.4 Å². The van der Waals surface area contributed by atoms with Crippen molar-refractivity contribution < 1.29 is 29.1 Å². The normalized spacial score (nSPS) is 15.2. The van der Waals surface area contributed by atoms with E-state index >= 15 is 0 Å². The van der Waals surface area contributed by atoms with Gasteiger partial charge in [0.1, 0.15) is 18.1 Å². The number of nitrogens with one attached hydrogen (secondary N) is 3. The van der Waals surface area contributed by atoms with E-state index in [0.717, 1.165) is 0 Å². The summed E-state index contributed by atoms with van der Waals surface area (Å²) in [4.78, 5) is 59.3. The Hall–Kier alpha value is -2.69. The Labute approximate surface area is 170 Å². The molecule has 0 rings (SSSR count). The van der Waals surface area contributed by atoms with Crippen molar-refractivity contribution in [3.63, 3.8) is 0 Å². The van der Waals surface area contributed by atoms with Crippen LogP contribution >= 0.6 is 0 Å². The molecule has 11 nitrogen and oxygen atoms in total. The first kappa shape index (κ1) is 26.3. The first-order valence-electron chi connectivity index (χ1n) is 9.45. The lowest BCUT2D eigenvalue weighted by atomic mass is 9.99. The number of carbonyl (C=O) groups is 5. The number of aliphatic carboxylic acids is 1. The SMILES string of the molecule is CC(N)C(=O)NC(C(=O)NC(C(=O)NC(CCC(N)=O)C(=O)O)C(C)C)C(C)C. The van der Waals surface area contributed by atoms with Gasteiger partial charge in [0.25, 0.3) is 0 Å². The molecule has 4 amide bonds. The van der Waals surface area contributed by atoms with Gasteiger partial charge in [-0.15, -0.1) is 0 Å². The molecule has 0 aromatic carbocycles. The molecule has 0 bridgehead atoms. The van der Waals surface area contributed by atoms with Crippen molar-refractivity contribution in [2.75, 3.05) is 0 Å². The molecule has 4 unspecified atom stereocenters. The average Bonchev–Trinajstić information content (AvgIpc) is 2.59. The number of carbonyl (C=O) groups excluding carboxylic acids is 4. The lowest BCUT2D eigenvalue weighted by Gasteiger charge is -2.28. The van der Waals surface area contributed by atoms with Crippen LogP contribution in [0.4, 0.5) is 0 Å². The van der Waals surface area contributed by atoms with Crippen LogP contribution in [0.3, 0.4) is 0 Å². The van der Waals surface area contributed by atoms with Gasteiger partial charge in [-0.2, -0.15) is 0 Å². The highest BCUT2D eigenvalue weighted by atomic mass is 16.4. The summed E-state index contributed by atoms with van der Waals surface area (Å²) in [5.41, 5.74) is 10.5. The summed E-state index contributed by atoms with van der Waals surface area (Å²) in [6, 6.07) is -4.11. The number of carboxylic acid groups (broad SMARTS) is 1. The van der Waals surface area contributed by atoms with Crippen LogP contribution in [0.25, 0.3) is 0 Å². The van der Waals surface area contributed by atoms with Crippen molar-refractivity contribution >= 4 is 29.6 Å². The van der Waals surface area contributed by atoms with Gasteiger partial charge in [0.2, 0.25) is 23.6 Å². The van der Waals surface area contributed by atoms with Crippen LogP contribution in [0.15, 0.2) is 0 Å². The van der Waals surface area contributed by atoms with Gasteiger partial charge in [-0.05, 0) is 25.2 Å². The number of hydrogen-bond acceptors (Lipinski definition) is 6. The summed E-state index contributed by atoms with van der Waals surface area (Å²) in [5.74, 6) is -4.49. The Morgan fingerprint density at radius 3 is 1.55 bits per heavy atom. The van der Waals surface area contributed by atoms with Crippen LogP contribution in [0.2, 0.25) is 0 Å². The van der Waals surface area contributed by atoms with Crippen molar-refractivity contribution in [1.29, 1.82) is 0 Å². The average molecular weight is 415 g/mol. The number of rotatable bonds is 12. The molecule has 0 heterocycles. The lowest BCUT2D eigenvalue weighted by molar-refractivity contribution is -0.143. The number of amides is 4. The molecule has 166 valence electrons. The van der Waals surface area contributed by atoms with E-state index in [-0.39, 0.29) is 24.7 Å². The van der Waals surface area contributed by atoms with Gasteiger partial charge in [0, 0.05) is 6.42 Å². The van der Waals surface area contributed by atoms with Gasteiger partial charge in [-0.25, -0.2) is 4.79 Å². The molecule has 0 fully saturated rings. The zero-order valence-electron chi connectivity index (χ0n) is 17.5. The first-order chi connectivity index (χ1) is 13.3. The van der Waals surface area contributed by atoms with Crippen LogP contribution in [-0.2, 0) is 24.0 Å². The largest absolute Gasteiger partial charge is 0.480 e. The molecule has 0 aliphatic carbocycles. The fraction of sp³-hybridized carbons (Fsp3) is 0.722. The Bertz CT molecular complexity index is 620. The molecule has 0 saturated carbocycles. The van der Waals surface area contributed by atoms with Crippen LogP contribution in [-0.4, -0.2) is 58.9 Å². The zero-order valence-corrected chi connectivity index (χ0v) is 17.5. The number of carboxylic acids is 1. The maximum atomic E-state index is 12.7. The second-order valence-corrected chi connectivity index (χ2v) is 7.65. The molecule has 0 aromatic heterocycles. The van der Waals surface area contributed by atoms with Crippen molar-refractivity contribution in [2.24, 2.45) is 23.3 Å². The topological polar surface area (TPSA) is 194 Å². The molecule has 0 spiro atoms. The number of nitrogens with two attached hydrogens (primary N) is 2. The summed E-state index contributed by atoms with van der Waals surface area (Å²) in [5, 5.41) is 16.7. The predicted molar refractivity (Wildman–Crippen MR) is 105 cm³/mol. The van der Waals surface area contributed by atoms with Gasteiger partial charge < -0.3 is 32.5 Å². The van der Waals surface area contributed by atoms with E-state index < -0.39 is 53.8 Å². The lowest BCUT2D eigenvalue weighted by Crippen LogP contribution is -2.59. The summed E-state index contributed by atoms with van der Waals surface area (Å²) in [6.07, 6.45) is -0.386. The van der Waals surface area contributed by atoms with E-state index in [1.165, 1.54) is 6.92 Å². The van der Waals surface area contributed by atoms with Gasteiger partial charge >= 0.3 is 5.97 Å². The molecule has 0 aliphatic heterocycles. The minimum atomic E-state index is -1.33. The maximum absolute atomic E-state index is 12.7. The molecular weight excluding hydrogens is 382 g/mol. The maximum Gasteiger partial charge on any atom is 0.326 e. The standard InChI is InChI=1S/C18H33N5O6/c1-8(2)13(16(26)21-11(18(28)29)6-7-12(20)24)23-17(27)14(9(3)4)22-15(25)10(5)19/h8-11,13-14H,6-7,19H2,1-5H3,(H2,20,24)(H,21,26)(H,22,25)(H,23,27)(H,28,29). The molecule has 8 N–H and O–H groups in total. The van der Waals surface area contributed by atoms with E-state index in [4.69, 9.17) is 11.5 Å².